The van der Waals surface area contributed by atoms with Gasteiger partial charge in [-0.2, -0.15) is 0 Å². The Bertz CT molecular complexity index is 286. The summed E-state index contributed by atoms with van der Waals surface area (Å²) in [6, 6.07) is -0.725. The van der Waals surface area contributed by atoms with Crippen LogP contribution in [0, 0.1) is 10.1 Å². The average molecular weight is 211 g/mol. The molecule has 0 saturated heterocycles. The van der Waals surface area contributed by atoms with E-state index in [0.717, 1.165) is 18.5 Å². The summed E-state index contributed by atoms with van der Waals surface area (Å²) in [7, 11) is 0. The Morgan fingerprint density at radius 3 is 2.87 bits per heavy atom. The zero-order valence-corrected chi connectivity index (χ0v) is 8.85. The van der Waals surface area contributed by atoms with Gasteiger partial charge in [-0.1, -0.05) is 25.2 Å². The lowest BCUT2D eigenvalue weighted by Gasteiger charge is -2.20. The first-order valence-electron chi connectivity index (χ1n) is 5.14. The molecule has 2 unspecified atom stereocenters. The summed E-state index contributed by atoms with van der Waals surface area (Å²) in [5, 5.41) is 13.7. The van der Waals surface area contributed by atoms with Gasteiger partial charge >= 0.3 is 0 Å². The number of allylic oxidation sites excluding steroid dienone is 3. The number of nitro groups is 1. The topological polar surface area (TPSA) is 81.2 Å². The van der Waals surface area contributed by atoms with Crippen LogP contribution in [0.15, 0.2) is 23.9 Å². The third-order valence-electron chi connectivity index (χ3n) is 2.46. The lowest BCUT2D eigenvalue weighted by molar-refractivity contribution is -0.527. The molecule has 0 fully saturated rings. The van der Waals surface area contributed by atoms with Gasteiger partial charge in [0.15, 0.2) is 0 Å². The van der Waals surface area contributed by atoms with Crippen LogP contribution < -0.4 is 11.1 Å². The molecular weight excluding hydrogens is 194 g/mol. The van der Waals surface area contributed by atoms with Gasteiger partial charge in [-0.25, -0.2) is 0 Å². The van der Waals surface area contributed by atoms with Crippen molar-refractivity contribution in [2.45, 2.75) is 38.4 Å². The molecular formula is C10H17N3O2. The molecule has 0 aromatic rings. The van der Waals surface area contributed by atoms with Crippen LogP contribution in [0.25, 0.3) is 0 Å². The summed E-state index contributed by atoms with van der Waals surface area (Å²) in [5.41, 5.74) is 6.72. The predicted octanol–water partition coefficient (Wildman–Crippen LogP) is 1.15. The number of rotatable bonds is 5. The highest BCUT2D eigenvalue weighted by Crippen LogP contribution is 2.09. The second-order valence-electron chi connectivity index (χ2n) is 3.57. The van der Waals surface area contributed by atoms with Crippen LogP contribution in [-0.4, -0.2) is 17.1 Å². The maximum atomic E-state index is 10.7. The summed E-state index contributed by atoms with van der Waals surface area (Å²) >= 11 is 0. The average Bonchev–Trinajstić information content (AvgIpc) is 2.19. The zero-order valence-electron chi connectivity index (χ0n) is 8.85. The minimum absolute atomic E-state index is 0.323. The van der Waals surface area contributed by atoms with E-state index in [9.17, 15) is 10.1 Å². The van der Waals surface area contributed by atoms with Gasteiger partial charge in [-0.05, 0) is 6.42 Å². The van der Waals surface area contributed by atoms with Crippen molar-refractivity contribution in [3.8, 4) is 0 Å². The Kier molecular flexibility index (Phi) is 4.30. The molecule has 0 radical (unpaired) electrons. The molecule has 0 spiro atoms. The highest BCUT2D eigenvalue weighted by molar-refractivity contribution is 5.13. The minimum Gasteiger partial charge on any atom is -0.368 e. The summed E-state index contributed by atoms with van der Waals surface area (Å²) in [6.07, 6.45) is 7.56. The first-order chi connectivity index (χ1) is 7.15. The third kappa shape index (κ3) is 3.36. The van der Waals surface area contributed by atoms with Crippen molar-refractivity contribution >= 4 is 0 Å². The summed E-state index contributed by atoms with van der Waals surface area (Å²) in [5.74, 6) is 0. The molecule has 1 aliphatic rings. The zero-order chi connectivity index (χ0) is 11.3. The van der Waals surface area contributed by atoms with Gasteiger partial charge in [-0.15, -0.1) is 0 Å². The molecule has 0 heterocycles. The molecule has 0 saturated carbocycles. The minimum atomic E-state index is -0.725. The van der Waals surface area contributed by atoms with Gasteiger partial charge in [0, 0.05) is 23.5 Å². The Balaban J connectivity index is 2.49. The van der Waals surface area contributed by atoms with Crippen molar-refractivity contribution < 1.29 is 4.92 Å². The Hall–Kier alpha value is -1.36. The SMILES string of the molecule is CCC(C(N)NC1=CCC=CC1)[N+](=O)[O-]. The molecule has 0 aromatic carbocycles. The van der Waals surface area contributed by atoms with Crippen molar-refractivity contribution in [1.82, 2.24) is 5.32 Å². The largest absolute Gasteiger partial charge is 0.368 e. The van der Waals surface area contributed by atoms with Crippen LogP contribution in [0.3, 0.4) is 0 Å². The maximum Gasteiger partial charge on any atom is 0.245 e. The molecule has 0 aromatic heterocycles. The lowest BCUT2D eigenvalue weighted by atomic mass is 10.1. The van der Waals surface area contributed by atoms with Gasteiger partial charge < -0.3 is 11.1 Å². The molecule has 15 heavy (non-hydrogen) atoms. The molecule has 5 heteroatoms. The fourth-order valence-corrected chi connectivity index (χ4v) is 1.56. The Labute approximate surface area is 89.2 Å². The highest BCUT2D eigenvalue weighted by atomic mass is 16.6. The Morgan fingerprint density at radius 2 is 2.40 bits per heavy atom. The van der Waals surface area contributed by atoms with Crippen molar-refractivity contribution in [1.29, 1.82) is 0 Å². The molecule has 1 rings (SSSR count). The van der Waals surface area contributed by atoms with Gasteiger partial charge in [0.25, 0.3) is 0 Å². The molecule has 0 aliphatic heterocycles. The van der Waals surface area contributed by atoms with Crippen LogP contribution in [-0.2, 0) is 0 Å². The molecule has 5 nitrogen and oxygen atoms in total. The number of hydrogen-bond donors (Lipinski definition) is 2. The van der Waals surface area contributed by atoms with Gasteiger partial charge in [0.05, 0.1) is 0 Å². The standard InChI is InChI=1S/C10H17N3O2/c1-2-9(13(14)15)10(11)12-8-6-4-3-5-7-8/h3-4,7,9-10,12H,2,5-6,11H2,1H3. The predicted molar refractivity (Wildman–Crippen MR) is 58.6 cm³/mol. The quantitative estimate of drug-likeness (QED) is 0.309. The Morgan fingerprint density at radius 1 is 1.67 bits per heavy atom. The first-order valence-corrected chi connectivity index (χ1v) is 5.14. The monoisotopic (exact) mass is 211 g/mol. The lowest BCUT2D eigenvalue weighted by Crippen LogP contribution is -2.49. The fraction of sp³-hybridized carbons (Fsp3) is 0.600. The number of nitrogens with two attached hydrogens (primary N) is 1. The summed E-state index contributed by atoms with van der Waals surface area (Å²) in [4.78, 5) is 10.3. The second-order valence-corrected chi connectivity index (χ2v) is 3.57. The van der Waals surface area contributed by atoms with Crippen molar-refractivity contribution in [3.63, 3.8) is 0 Å². The summed E-state index contributed by atoms with van der Waals surface area (Å²) in [6.45, 7) is 1.77. The molecule has 3 N–H and O–H groups in total. The van der Waals surface area contributed by atoms with E-state index < -0.39 is 12.2 Å². The maximum absolute atomic E-state index is 10.7. The smallest absolute Gasteiger partial charge is 0.245 e. The molecule has 0 amide bonds. The van der Waals surface area contributed by atoms with Crippen molar-refractivity contribution in [3.05, 3.63) is 34.0 Å². The van der Waals surface area contributed by atoms with Gasteiger partial charge in [0.1, 0.15) is 6.17 Å². The molecule has 1 aliphatic carbocycles. The van der Waals surface area contributed by atoms with E-state index in [2.05, 4.69) is 11.4 Å². The molecule has 0 bridgehead atoms. The van der Waals surface area contributed by atoms with Crippen LogP contribution in [0.4, 0.5) is 0 Å². The van der Waals surface area contributed by atoms with Crippen LogP contribution in [0.5, 0.6) is 0 Å². The van der Waals surface area contributed by atoms with E-state index in [4.69, 9.17) is 5.73 Å². The van der Waals surface area contributed by atoms with E-state index in [1.165, 1.54) is 0 Å². The third-order valence-corrected chi connectivity index (χ3v) is 2.46. The van der Waals surface area contributed by atoms with E-state index in [0.29, 0.717) is 6.42 Å². The van der Waals surface area contributed by atoms with E-state index >= 15 is 0 Å². The highest BCUT2D eigenvalue weighted by Gasteiger charge is 2.26. The van der Waals surface area contributed by atoms with Gasteiger partial charge in [-0.3, -0.25) is 10.1 Å². The molecule has 2 atom stereocenters. The van der Waals surface area contributed by atoms with Crippen molar-refractivity contribution in [2.75, 3.05) is 0 Å². The van der Waals surface area contributed by atoms with Gasteiger partial charge in [0.2, 0.25) is 6.04 Å². The van der Waals surface area contributed by atoms with E-state index in [-0.39, 0.29) is 4.92 Å². The van der Waals surface area contributed by atoms with Crippen LogP contribution in [0.2, 0.25) is 0 Å². The fourth-order valence-electron chi connectivity index (χ4n) is 1.56. The summed E-state index contributed by atoms with van der Waals surface area (Å²) < 4.78 is 0. The normalized spacial score (nSPS) is 19.2. The second kappa shape index (κ2) is 5.50. The van der Waals surface area contributed by atoms with Crippen molar-refractivity contribution in [2.24, 2.45) is 5.73 Å². The first kappa shape index (κ1) is 11.7. The van der Waals surface area contributed by atoms with Crippen LogP contribution in [0.1, 0.15) is 26.2 Å². The number of nitrogens with zero attached hydrogens (tertiary/aromatic N) is 1. The van der Waals surface area contributed by atoms with E-state index in [1.54, 1.807) is 6.92 Å². The van der Waals surface area contributed by atoms with E-state index in [1.807, 2.05) is 12.2 Å². The molecule has 84 valence electrons. The number of hydrogen-bond acceptors (Lipinski definition) is 4. The van der Waals surface area contributed by atoms with Crippen LogP contribution >= 0.6 is 0 Å². The number of nitrogens with one attached hydrogen (secondary N) is 1.